The minimum atomic E-state index is -0.229. The molecule has 6 nitrogen and oxygen atoms in total. The van der Waals surface area contributed by atoms with E-state index in [1.54, 1.807) is 26.4 Å². The molecule has 0 aliphatic rings. The first-order valence-corrected chi connectivity index (χ1v) is 16.6. The van der Waals surface area contributed by atoms with Crippen molar-refractivity contribution in [2.24, 2.45) is 11.8 Å². The van der Waals surface area contributed by atoms with Gasteiger partial charge in [-0.1, -0.05) is 107 Å². The predicted octanol–water partition coefficient (Wildman–Crippen LogP) is 10.0. The highest BCUT2D eigenvalue weighted by atomic mass is 16.5. The second kappa shape index (κ2) is 16.2. The summed E-state index contributed by atoms with van der Waals surface area (Å²) in [6, 6.07) is 29.1. The number of methoxy groups -OCH3 is 2. The molecule has 0 spiro atoms. The second-order valence-corrected chi connectivity index (χ2v) is 12.6. The van der Waals surface area contributed by atoms with Crippen molar-refractivity contribution in [2.45, 2.75) is 66.1 Å². The molecular formula is C41H46O6. The highest BCUT2D eigenvalue weighted by Gasteiger charge is 2.23. The molecule has 47 heavy (non-hydrogen) atoms. The Labute approximate surface area is 278 Å². The van der Waals surface area contributed by atoms with Gasteiger partial charge in [0.1, 0.15) is 18.8 Å². The number of rotatable bonds is 16. The Kier molecular flexibility index (Phi) is 11.6. The van der Waals surface area contributed by atoms with E-state index in [9.17, 15) is 4.79 Å². The first-order chi connectivity index (χ1) is 22.9. The fourth-order valence-corrected chi connectivity index (χ4v) is 5.74. The number of fused-ring (bicyclic) bond motifs is 1. The summed E-state index contributed by atoms with van der Waals surface area (Å²) in [6.45, 7) is 7.43. The minimum absolute atomic E-state index is 0.134. The molecule has 6 heteroatoms. The molecule has 0 saturated heterocycles. The molecule has 4 aromatic carbocycles. The van der Waals surface area contributed by atoms with Crippen LogP contribution in [0.15, 0.2) is 100 Å². The van der Waals surface area contributed by atoms with E-state index in [4.69, 9.17) is 23.4 Å². The standard InChI is InChI=1S/C41H46O6/c1-28(2)13-12-14-29(3)19-20-30-21-22-34-35(23-30)47-39(41(38(34)42)46-27-32-17-10-7-11-18-32)33-24-36(43-4)40(37(25-33)44-5)45-26-31-15-8-6-9-16-31/h6-11,15-18,21-25,28-29H,12-14,19-20,26-27H2,1-5H3. The quantitative estimate of drug-likeness (QED) is 0.108. The van der Waals surface area contributed by atoms with E-state index < -0.39 is 0 Å². The van der Waals surface area contributed by atoms with Gasteiger partial charge in [-0.15, -0.1) is 0 Å². The fraction of sp³-hybridized carbons (Fsp3) is 0.341. The topological polar surface area (TPSA) is 67.1 Å². The van der Waals surface area contributed by atoms with E-state index in [2.05, 4.69) is 20.8 Å². The molecule has 5 aromatic rings. The Morgan fingerprint density at radius 2 is 1.26 bits per heavy atom. The van der Waals surface area contributed by atoms with Gasteiger partial charge in [-0.05, 0) is 65.6 Å². The first-order valence-electron chi connectivity index (χ1n) is 16.6. The third-order valence-electron chi connectivity index (χ3n) is 8.49. The Hall–Kier alpha value is -4.71. The molecule has 1 atom stereocenters. The van der Waals surface area contributed by atoms with Crippen LogP contribution in [-0.2, 0) is 19.6 Å². The van der Waals surface area contributed by atoms with Gasteiger partial charge in [0.2, 0.25) is 16.9 Å². The lowest BCUT2D eigenvalue weighted by Crippen LogP contribution is -2.11. The molecule has 246 valence electrons. The van der Waals surface area contributed by atoms with Gasteiger partial charge in [0.25, 0.3) is 0 Å². The number of hydrogen-bond acceptors (Lipinski definition) is 6. The lowest BCUT2D eigenvalue weighted by Gasteiger charge is -2.18. The van der Waals surface area contributed by atoms with Crippen LogP contribution in [0.25, 0.3) is 22.3 Å². The third-order valence-corrected chi connectivity index (χ3v) is 8.49. The summed E-state index contributed by atoms with van der Waals surface area (Å²) in [5.74, 6) is 3.17. The van der Waals surface area contributed by atoms with Crippen LogP contribution in [0.3, 0.4) is 0 Å². The summed E-state index contributed by atoms with van der Waals surface area (Å²) in [5, 5.41) is 0.479. The number of ether oxygens (including phenoxy) is 4. The molecule has 1 heterocycles. The van der Waals surface area contributed by atoms with E-state index in [0.29, 0.717) is 52.1 Å². The van der Waals surface area contributed by atoms with Crippen molar-refractivity contribution in [2.75, 3.05) is 14.2 Å². The Bertz CT molecular complexity index is 1770. The average molecular weight is 635 g/mol. The normalized spacial score (nSPS) is 11.9. The largest absolute Gasteiger partial charge is 0.493 e. The van der Waals surface area contributed by atoms with Crippen molar-refractivity contribution in [3.8, 4) is 34.3 Å². The fourth-order valence-electron chi connectivity index (χ4n) is 5.74. The Balaban J connectivity index is 1.51. The molecule has 0 aliphatic heterocycles. The average Bonchev–Trinajstić information content (AvgIpc) is 3.09. The monoisotopic (exact) mass is 634 g/mol. The van der Waals surface area contributed by atoms with Crippen LogP contribution in [0.2, 0.25) is 0 Å². The zero-order valence-corrected chi connectivity index (χ0v) is 28.2. The van der Waals surface area contributed by atoms with E-state index in [1.807, 2.05) is 78.9 Å². The maximum absolute atomic E-state index is 14.1. The van der Waals surface area contributed by atoms with Crippen LogP contribution in [0, 0.1) is 11.8 Å². The van der Waals surface area contributed by atoms with Gasteiger partial charge in [-0.2, -0.15) is 0 Å². The van der Waals surface area contributed by atoms with Gasteiger partial charge in [-0.3, -0.25) is 4.79 Å². The first kappa shape index (κ1) is 33.6. The summed E-state index contributed by atoms with van der Waals surface area (Å²) in [7, 11) is 3.15. The summed E-state index contributed by atoms with van der Waals surface area (Å²) in [6.07, 6.45) is 5.74. The Morgan fingerprint density at radius 3 is 1.83 bits per heavy atom. The van der Waals surface area contributed by atoms with E-state index >= 15 is 0 Å². The molecule has 5 rings (SSSR count). The van der Waals surface area contributed by atoms with Crippen molar-refractivity contribution in [1.29, 1.82) is 0 Å². The van der Waals surface area contributed by atoms with Crippen LogP contribution in [0.1, 0.15) is 63.1 Å². The SMILES string of the molecule is COc1cc(-c2oc3cc(CCC(C)CCCC(C)C)ccc3c(=O)c2OCc2ccccc2)cc(OC)c1OCc1ccccc1. The summed E-state index contributed by atoms with van der Waals surface area (Å²) >= 11 is 0. The van der Waals surface area contributed by atoms with Gasteiger partial charge in [0.15, 0.2) is 17.3 Å². The molecule has 0 radical (unpaired) electrons. The number of aryl methyl sites for hydroxylation is 1. The molecule has 0 fully saturated rings. The third kappa shape index (κ3) is 8.76. The summed E-state index contributed by atoms with van der Waals surface area (Å²) in [5.41, 5.74) is 3.96. The smallest absolute Gasteiger partial charge is 0.235 e. The number of benzene rings is 4. The zero-order chi connectivity index (χ0) is 33.2. The van der Waals surface area contributed by atoms with Gasteiger partial charge < -0.3 is 23.4 Å². The van der Waals surface area contributed by atoms with Gasteiger partial charge in [0.05, 0.1) is 19.6 Å². The van der Waals surface area contributed by atoms with Crippen LogP contribution in [0.4, 0.5) is 0 Å². The summed E-state index contributed by atoms with van der Waals surface area (Å²) in [4.78, 5) is 14.1. The highest BCUT2D eigenvalue weighted by Crippen LogP contribution is 2.44. The lowest BCUT2D eigenvalue weighted by molar-refractivity contribution is 0.266. The molecule has 0 amide bonds. The van der Waals surface area contributed by atoms with Crippen molar-refractivity contribution in [1.82, 2.24) is 0 Å². The second-order valence-electron chi connectivity index (χ2n) is 12.6. The van der Waals surface area contributed by atoms with Crippen molar-refractivity contribution in [3.63, 3.8) is 0 Å². The zero-order valence-electron chi connectivity index (χ0n) is 28.2. The van der Waals surface area contributed by atoms with E-state index in [-0.39, 0.29) is 17.8 Å². The summed E-state index contributed by atoms with van der Waals surface area (Å²) < 4.78 is 30.6. The molecule has 1 unspecified atom stereocenters. The molecule has 0 saturated carbocycles. The lowest BCUT2D eigenvalue weighted by atomic mass is 9.94. The highest BCUT2D eigenvalue weighted by molar-refractivity contribution is 5.83. The minimum Gasteiger partial charge on any atom is -0.493 e. The van der Waals surface area contributed by atoms with Crippen molar-refractivity contribution >= 4 is 11.0 Å². The molecule has 0 bridgehead atoms. The van der Waals surface area contributed by atoms with Crippen LogP contribution < -0.4 is 24.4 Å². The van der Waals surface area contributed by atoms with E-state index in [1.165, 1.54) is 19.3 Å². The molecule has 0 aliphatic carbocycles. The molecule has 1 aromatic heterocycles. The van der Waals surface area contributed by atoms with Gasteiger partial charge in [0, 0.05) is 5.56 Å². The molecule has 0 N–H and O–H groups in total. The molecular weight excluding hydrogens is 588 g/mol. The van der Waals surface area contributed by atoms with Crippen LogP contribution in [-0.4, -0.2) is 14.2 Å². The maximum atomic E-state index is 14.1. The van der Waals surface area contributed by atoms with E-state index in [0.717, 1.165) is 35.4 Å². The maximum Gasteiger partial charge on any atom is 0.235 e. The van der Waals surface area contributed by atoms with Crippen LogP contribution in [0.5, 0.6) is 23.0 Å². The van der Waals surface area contributed by atoms with Gasteiger partial charge in [-0.25, -0.2) is 0 Å². The van der Waals surface area contributed by atoms with Crippen molar-refractivity contribution in [3.05, 3.63) is 118 Å². The Morgan fingerprint density at radius 1 is 0.660 bits per heavy atom. The van der Waals surface area contributed by atoms with Crippen LogP contribution >= 0.6 is 0 Å². The van der Waals surface area contributed by atoms with Gasteiger partial charge >= 0.3 is 0 Å². The predicted molar refractivity (Wildman–Crippen MR) is 189 cm³/mol. The van der Waals surface area contributed by atoms with Crippen molar-refractivity contribution < 1.29 is 23.4 Å². The number of hydrogen-bond donors (Lipinski definition) is 0.